The molecule has 2 fully saturated rings. The average molecular weight is 267 g/mol. The number of ether oxygens (including phenoxy) is 1. The molecule has 1 saturated carbocycles. The van der Waals surface area contributed by atoms with Crippen LogP contribution in [0.3, 0.4) is 0 Å². The van der Waals surface area contributed by atoms with Crippen LogP contribution in [-0.2, 0) is 14.3 Å². The summed E-state index contributed by atoms with van der Waals surface area (Å²) in [7, 11) is 1.43. The molecule has 2 aliphatic rings. The third-order valence-electron chi connectivity index (χ3n) is 5.61. The summed E-state index contributed by atoms with van der Waals surface area (Å²) in [4.78, 5) is 25.9. The summed E-state index contributed by atoms with van der Waals surface area (Å²) >= 11 is 0. The first-order valence-electron chi connectivity index (χ1n) is 7.10. The van der Waals surface area contributed by atoms with Gasteiger partial charge in [-0.3, -0.25) is 9.59 Å². The van der Waals surface area contributed by atoms with E-state index in [1.807, 2.05) is 4.90 Å². The molecular weight excluding hydrogens is 242 g/mol. The van der Waals surface area contributed by atoms with E-state index in [9.17, 15) is 9.59 Å². The minimum atomic E-state index is -0.140. The maximum atomic E-state index is 12.5. The lowest BCUT2D eigenvalue weighted by Crippen LogP contribution is -2.42. The van der Waals surface area contributed by atoms with Crippen LogP contribution in [0.15, 0.2) is 0 Å². The van der Waals surface area contributed by atoms with Gasteiger partial charge in [0.15, 0.2) is 0 Å². The number of rotatable bonds is 2. The van der Waals surface area contributed by atoms with Crippen molar-refractivity contribution >= 4 is 11.9 Å². The predicted molar refractivity (Wildman–Crippen MR) is 72.4 cm³/mol. The first kappa shape index (κ1) is 14.4. The molecule has 0 aromatic carbocycles. The number of hydrogen-bond donors (Lipinski definition) is 0. The smallest absolute Gasteiger partial charge is 0.308 e. The monoisotopic (exact) mass is 267 g/mol. The molecule has 1 aliphatic carbocycles. The molecule has 1 amide bonds. The number of methoxy groups -OCH3 is 1. The van der Waals surface area contributed by atoms with E-state index >= 15 is 0 Å². The van der Waals surface area contributed by atoms with E-state index in [4.69, 9.17) is 4.74 Å². The fraction of sp³-hybridized carbons (Fsp3) is 0.867. The van der Waals surface area contributed by atoms with Gasteiger partial charge in [-0.25, -0.2) is 0 Å². The zero-order valence-electron chi connectivity index (χ0n) is 12.7. The van der Waals surface area contributed by atoms with Gasteiger partial charge in [0.05, 0.1) is 13.0 Å². The molecule has 108 valence electrons. The van der Waals surface area contributed by atoms with Crippen molar-refractivity contribution in [3.8, 4) is 0 Å². The Labute approximate surface area is 115 Å². The largest absolute Gasteiger partial charge is 0.469 e. The Morgan fingerprint density at radius 1 is 1.05 bits per heavy atom. The highest BCUT2D eigenvalue weighted by molar-refractivity contribution is 5.84. The Balaban J connectivity index is 1.93. The van der Waals surface area contributed by atoms with Gasteiger partial charge in [-0.2, -0.15) is 0 Å². The van der Waals surface area contributed by atoms with E-state index in [1.54, 1.807) is 0 Å². The molecule has 0 atom stereocenters. The molecule has 4 heteroatoms. The second-order valence-electron chi connectivity index (χ2n) is 7.00. The molecule has 4 nitrogen and oxygen atoms in total. The van der Waals surface area contributed by atoms with Crippen LogP contribution in [0, 0.1) is 22.7 Å². The van der Waals surface area contributed by atoms with Crippen molar-refractivity contribution in [2.24, 2.45) is 22.7 Å². The average Bonchev–Trinajstić information content (AvgIpc) is 2.78. The lowest BCUT2D eigenvalue weighted by molar-refractivity contribution is -0.149. The van der Waals surface area contributed by atoms with E-state index < -0.39 is 0 Å². The second-order valence-corrected chi connectivity index (χ2v) is 7.00. The SMILES string of the molecule is COC(=O)C1CCN(C(=O)C2C(C)(C)C2(C)C)CC1. The Bertz CT molecular complexity index is 378. The fourth-order valence-corrected chi connectivity index (χ4v) is 3.50. The molecule has 0 aromatic heterocycles. The minimum absolute atomic E-state index is 0.0331. The molecule has 0 bridgehead atoms. The van der Waals surface area contributed by atoms with Crippen LogP contribution in [0.4, 0.5) is 0 Å². The number of hydrogen-bond acceptors (Lipinski definition) is 3. The molecule has 0 radical (unpaired) electrons. The van der Waals surface area contributed by atoms with Gasteiger partial charge < -0.3 is 9.64 Å². The number of piperidine rings is 1. The van der Waals surface area contributed by atoms with Crippen molar-refractivity contribution in [2.45, 2.75) is 40.5 Å². The highest BCUT2D eigenvalue weighted by Gasteiger charge is 2.68. The molecular formula is C15H25NO3. The first-order valence-corrected chi connectivity index (χ1v) is 7.10. The topological polar surface area (TPSA) is 46.6 Å². The van der Waals surface area contributed by atoms with Gasteiger partial charge in [0.25, 0.3) is 0 Å². The van der Waals surface area contributed by atoms with Gasteiger partial charge in [-0.05, 0) is 23.7 Å². The molecule has 0 unspecified atom stereocenters. The summed E-state index contributed by atoms with van der Waals surface area (Å²) in [5.74, 6) is 0.210. The maximum Gasteiger partial charge on any atom is 0.308 e. The number of carbonyl (C=O) groups is 2. The summed E-state index contributed by atoms with van der Waals surface area (Å²) in [6.07, 6.45) is 1.46. The van der Waals surface area contributed by atoms with E-state index in [0.29, 0.717) is 13.1 Å². The highest BCUT2D eigenvalue weighted by atomic mass is 16.5. The fourth-order valence-electron chi connectivity index (χ4n) is 3.50. The summed E-state index contributed by atoms with van der Waals surface area (Å²) in [5.41, 5.74) is 0.173. The van der Waals surface area contributed by atoms with Crippen molar-refractivity contribution in [1.82, 2.24) is 4.90 Å². The van der Waals surface area contributed by atoms with E-state index in [1.165, 1.54) is 7.11 Å². The molecule has 1 heterocycles. The lowest BCUT2D eigenvalue weighted by atomic mass is 9.96. The lowest BCUT2D eigenvalue weighted by Gasteiger charge is -2.31. The molecule has 2 rings (SSSR count). The summed E-state index contributed by atoms with van der Waals surface area (Å²) in [5, 5.41) is 0. The second kappa shape index (κ2) is 4.50. The zero-order chi connectivity index (χ0) is 14.4. The Hall–Kier alpha value is -1.06. The third kappa shape index (κ3) is 2.15. The molecule has 0 aromatic rings. The minimum Gasteiger partial charge on any atom is -0.469 e. The van der Waals surface area contributed by atoms with Crippen LogP contribution in [0.25, 0.3) is 0 Å². The van der Waals surface area contributed by atoms with E-state index in [-0.39, 0.29) is 34.5 Å². The van der Waals surface area contributed by atoms with Crippen LogP contribution >= 0.6 is 0 Å². The van der Waals surface area contributed by atoms with Crippen LogP contribution < -0.4 is 0 Å². The van der Waals surface area contributed by atoms with Crippen molar-refractivity contribution in [3.63, 3.8) is 0 Å². The van der Waals surface area contributed by atoms with Crippen molar-refractivity contribution in [1.29, 1.82) is 0 Å². The molecule has 19 heavy (non-hydrogen) atoms. The third-order valence-corrected chi connectivity index (χ3v) is 5.61. The number of likely N-dealkylation sites (tertiary alicyclic amines) is 1. The Morgan fingerprint density at radius 2 is 1.53 bits per heavy atom. The Kier molecular flexibility index (Phi) is 3.40. The van der Waals surface area contributed by atoms with Crippen molar-refractivity contribution in [2.75, 3.05) is 20.2 Å². The summed E-state index contributed by atoms with van der Waals surface area (Å²) in [6.45, 7) is 10.0. The highest BCUT2D eigenvalue weighted by Crippen LogP contribution is 2.68. The molecule has 0 spiro atoms. The summed E-state index contributed by atoms with van der Waals surface area (Å²) < 4.78 is 4.77. The quantitative estimate of drug-likeness (QED) is 0.720. The van der Waals surface area contributed by atoms with Gasteiger partial charge >= 0.3 is 5.97 Å². The van der Waals surface area contributed by atoms with Gasteiger partial charge in [0.2, 0.25) is 5.91 Å². The van der Waals surface area contributed by atoms with Gasteiger partial charge in [0.1, 0.15) is 0 Å². The number of nitrogens with zero attached hydrogens (tertiary/aromatic N) is 1. The molecule has 1 saturated heterocycles. The summed E-state index contributed by atoms with van der Waals surface area (Å²) in [6, 6.07) is 0. The number of carbonyl (C=O) groups excluding carboxylic acids is 2. The first-order chi connectivity index (χ1) is 8.73. The normalized spacial score (nSPS) is 26.1. The van der Waals surface area contributed by atoms with Gasteiger partial charge in [-0.1, -0.05) is 27.7 Å². The van der Waals surface area contributed by atoms with Gasteiger partial charge in [0, 0.05) is 19.0 Å². The zero-order valence-corrected chi connectivity index (χ0v) is 12.7. The number of esters is 1. The Morgan fingerprint density at radius 3 is 1.89 bits per heavy atom. The standard InChI is InChI=1S/C15H25NO3/c1-14(2)11(15(14,3)4)12(17)16-8-6-10(7-9-16)13(18)19-5/h10-11H,6-9H2,1-5H3. The van der Waals surface area contributed by atoms with Crippen LogP contribution in [0.5, 0.6) is 0 Å². The van der Waals surface area contributed by atoms with Crippen molar-refractivity contribution < 1.29 is 14.3 Å². The van der Waals surface area contributed by atoms with Crippen molar-refractivity contribution in [3.05, 3.63) is 0 Å². The predicted octanol–water partition coefficient (Wildman–Crippen LogP) is 2.08. The van der Waals surface area contributed by atoms with Gasteiger partial charge in [-0.15, -0.1) is 0 Å². The molecule has 1 aliphatic heterocycles. The van der Waals surface area contributed by atoms with Crippen LogP contribution in [0.1, 0.15) is 40.5 Å². The maximum absolute atomic E-state index is 12.5. The number of amides is 1. The van der Waals surface area contributed by atoms with Crippen LogP contribution in [-0.4, -0.2) is 37.0 Å². The molecule has 0 N–H and O–H groups in total. The van der Waals surface area contributed by atoms with E-state index in [2.05, 4.69) is 27.7 Å². The van der Waals surface area contributed by atoms with Crippen LogP contribution in [0.2, 0.25) is 0 Å². The van der Waals surface area contributed by atoms with E-state index in [0.717, 1.165) is 12.8 Å².